The maximum absolute atomic E-state index is 11.1. The Morgan fingerprint density at radius 3 is 2.33 bits per heavy atom. The maximum atomic E-state index is 11.1. The van der Waals surface area contributed by atoms with Crippen LogP contribution in [-0.2, 0) is 4.79 Å². The normalized spacial score (nSPS) is 11.5. The number of Topliss-reactive ketones (excluding diaryl/α,β-unsaturated/α-hetero) is 1. The number of carbonyl (C=O) groups excluding carboxylic acids is 1. The second kappa shape index (κ2) is 5.04. The molecule has 0 spiro atoms. The Morgan fingerprint density at radius 2 is 1.87 bits per heavy atom. The Hall–Kier alpha value is -0.470. The standard InChI is InChI=1S/C12H15ClOS/c1-9(14)8-12(2,3)15-11-6-4-10(13)5-7-11/h4-7H,8H2,1-3H3. The van der Waals surface area contributed by atoms with Crippen molar-refractivity contribution in [2.24, 2.45) is 0 Å². The number of benzene rings is 1. The molecule has 0 saturated heterocycles. The molecule has 0 aromatic heterocycles. The summed E-state index contributed by atoms with van der Waals surface area (Å²) < 4.78 is -0.0559. The average molecular weight is 243 g/mol. The minimum Gasteiger partial charge on any atom is -0.300 e. The lowest BCUT2D eigenvalue weighted by Gasteiger charge is -2.22. The molecule has 0 fully saturated rings. The molecular formula is C12H15ClOS. The van der Waals surface area contributed by atoms with E-state index in [1.165, 1.54) is 0 Å². The number of hydrogen-bond acceptors (Lipinski definition) is 2. The van der Waals surface area contributed by atoms with Crippen molar-refractivity contribution in [3.8, 4) is 0 Å². The zero-order valence-electron chi connectivity index (χ0n) is 9.21. The highest BCUT2D eigenvalue weighted by molar-refractivity contribution is 8.00. The molecule has 0 amide bonds. The summed E-state index contributed by atoms with van der Waals surface area (Å²) in [5.74, 6) is 0.224. The number of ketones is 1. The molecule has 0 saturated carbocycles. The summed E-state index contributed by atoms with van der Waals surface area (Å²) in [5.41, 5.74) is 0. The van der Waals surface area contributed by atoms with Gasteiger partial charge < -0.3 is 0 Å². The number of rotatable bonds is 4. The molecule has 0 aliphatic heterocycles. The van der Waals surface area contributed by atoms with Gasteiger partial charge in [0.1, 0.15) is 5.78 Å². The van der Waals surface area contributed by atoms with Crippen molar-refractivity contribution in [1.82, 2.24) is 0 Å². The van der Waals surface area contributed by atoms with Crippen molar-refractivity contribution in [3.63, 3.8) is 0 Å². The van der Waals surface area contributed by atoms with E-state index < -0.39 is 0 Å². The van der Waals surface area contributed by atoms with Gasteiger partial charge in [0, 0.05) is 21.1 Å². The summed E-state index contributed by atoms with van der Waals surface area (Å²) in [5, 5.41) is 0.740. The summed E-state index contributed by atoms with van der Waals surface area (Å²) in [6, 6.07) is 7.70. The predicted octanol–water partition coefficient (Wildman–Crippen LogP) is 4.19. The summed E-state index contributed by atoms with van der Waals surface area (Å²) in [4.78, 5) is 12.2. The van der Waals surface area contributed by atoms with Crippen molar-refractivity contribution in [3.05, 3.63) is 29.3 Å². The molecule has 0 aliphatic carbocycles. The topological polar surface area (TPSA) is 17.1 Å². The molecule has 0 bridgehead atoms. The molecule has 0 atom stereocenters. The van der Waals surface area contributed by atoms with Crippen molar-refractivity contribution < 1.29 is 4.79 Å². The highest BCUT2D eigenvalue weighted by Crippen LogP contribution is 2.35. The van der Waals surface area contributed by atoms with E-state index >= 15 is 0 Å². The molecule has 0 aliphatic rings. The SMILES string of the molecule is CC(=O)CC(C)(C)Sc1ccc(Cl)cc1. The first-order valence-electron chi connectivity index (χ1n) is 4.83. The van der Waals surface area contributed by atoms with Crippen LogP contribution in [0.15, 0.2) is 29.2 Å². The summed E-state index contributed by atoms with van der Waals surface area (Å²) in [6.07, 6.45) is 0.584. The van der Waals surface area contributed by atoms with Gasteiger partial charge in [-0.05, 0) is 45.0 Å². The van der Waals surface area contributed by atoms with Crippen molar-refractivity contribution in [1.29, 1.82) is 0 Å². The van der Waals surface area contributed by atoms with E-state index in [2.05, 4.69) is 13.8 Å². The fraction of sp³-hybridized carbons (Fsp3) is 0.417. The largest absolute Gasteiger partial charge is 0.300 e. The molecule has 1 aromatic rings. The van der Waals surface area contributed by atoms with E-state index in [9.17, 15) is 4.79 Å². The fourth-order valence-corrected chi connectivity index (χ4v) is 2.77. The molecule has 82 valence electrons. The van der Waals surface area contributed by atoms with E-state index in [1.807, 2.05) is 24.3 Å². The Bertz CT molecular complexity index is 343. The second-order valence-corrected chi connectivity index (χ2v) is 6.41. The van der Waals surface area contributed by atoms with E-state index in [0.717, 1.165) is 9.92 Å². The fourth-order valence-electron chi connectivity index (χ4n) is 1.46. The van der Waals surface area contributed by atoms with Crippen LogP contribution in [0.4, 0.5) is 0 Å². The Morgan fingerprint density at radius 1 is 1.33 bits per heavy atom. The van der Waals surface area contributed by atoms with Gasteiger partial charge in [-0.2, -0.15) is 0 Å². The van der Waals surface area contributed by atoms with Crippen LogP contribution in [-0.4, -0.2) is 10.5 Å². The monoisotopic (exact) mass is 242 g/mol. The van der Waals surface area contributed by atoms with Gasteiger partial charge in [-0.1, -0.05) is 11.6 Å². The lowest BCUT2D eigenvalue weighted by Crippen LogP contribution is -2.18. The molecule has 1 aromatic carbocycles. The molecule has 1 nitrogen and oxygen atoms in total. The van der Waals surface area contributed by atoms with Gasteiger partial charge in [0.15, 0.2) is 0 Å². The Kier molecular flexibility index (Phi) is 4.23. The first-order valence-corrected chi connectivity index (χ1v) is 6.02. The van der Waals surface area contributed by atoms with Crippen LogP contribution >= 0.6 is 23.4 Å². The van der Waals surface area contributed by atoms with Crippen LogP contribution in [0.5, 0.6) is 0 Å². The van der Waals surface area contributed by atoms with Gasteiger partial charge in [-0.25, -0.2) is 0 Å². The third kappa shape index (κ3) is 4.72. The van der Waals surface area contributed by atoms with Crippen LogP contribution in [0.25, 0.3) is 0 Å². The molecule has 0 N–H and O–H groups in total. The second-order valence-electron chi connectivity index (χ2n) is 4.19. The molecule has 3 heteroatoms. The van der Waals surface area contributed by atoms with Gasteiger partial charge in [0.05, 0.1) is 0 Å². The number of hydrogen-bond donors (Lipinski definition) is 0. The molecule has 15 heavy (non-hydrogen) atoms. The third-order valence-corrected chi connectivity index (χ3v) is 3.34. The summed E-state index contributed by atoms with van der Waals surface area (Å²) >= 11 is 7.51. The number of carbonyl (C=O) groups is 1. The average Bonchev–Trinajstić information content (AvgIpc) is 2.06. The summed E-state index contributed by atoms with van der Waals surface area (Å²) in [7, 11) is 0. The molecule has 0 heterocycles. The minimum atomic E-state index is -0.0559. The van der Waals surface area contributed by atoms with Crippen LogP contribution in [0.3, 0.4) is 0 Å². The van der Waals surface area contributed by atoms with Gasteiger partial charge in [0.2, 0.25) is 0 Å². The van der Waals surface area contributed by atoms with Gasteiger partial charge in [-0.15, -0.1) is 11.8 Å². The zero-order valence-corrected chi connectivity index (χ0v) is 10.8. The lowest BCUT2D eigenvalue weighted by molar-refractivity contribution is -0.117. The highest BCUT2D eigenvalue weighted by atomic mass is 35.5. The van der Waals surface area contributed by atoms with Gasteiger partial charge in [-0.3, -0.25) is 4.79 Å². The van der Waals surface area contributed by atoms with Crippen LogP contribution < -0.4 is 0 Å². The Labute approximate surface area is 100 Å². The van der Waals surface area contributed by atoms with Gasteiger partial charge >= 0.3 is 0 Å². The molecule has 1 rings (SSSR count). The minimum absolute atomic E-state index is 0.0559. The van der Waals surface area contributed by atoms with Gasteiger partial charge in [0.25, 0.3) is 0 Å². The molecule has 0 radical (unpaired) electrons. The number of thioether (sulfide) groups is 1. The van der Waals surface area contributed by atoms with Crippen LogP contribution in [0.2, 0.25) is 5.02 Å². The van der Waals surface area contributed by atoms with E-state index in [4.69, 9.17) is 11.6 Å². The smallest absolute Gasteiger partial charge is 0.131 e. The highest BCUT2D eigenvalue weighted by Gasteiger charge is 2.21. The third-order valence-electron chi connectivity index (χ3n) is 1.88. The molecular weight excluding hydrogens is 228 g/mol. The van der Waals surface area contributed by atoms with Crippen molar-refractivity contribution in [2.75, 3.05) is 0 Å². The maximum Gasteiger partial charge on any atom is 0.131 e. The Balaban J connectivity index is 2.68. The zero-order chi connectivity index (χ0) is 11.5. The van der Waals surface area contributed by atoms with Crippen LogP contribution in [0.1, 0.15) is 27.2 Å². The summed E-state index contributed by atoms with van der Waals surface area (Å²) in [6.45, 7) is 5.78. The van der Waals surface area contributed by atoms with E-state index in [0.29, 0.717) is 6.42 Å². The van der Waals surface area contributed by atoms with Crippen LogP contribution in [0, 0.1) is 0 Å². The van der Waals surface area contributed by atoms with Crippen molar-refractivity contribution in [2.45, 2.75) is 36.8 Å². The number of halogens is 1. The quantitative estimate of drug-likeness (QED) is 0.737. The van der Waals surface area contributed by atoms with Crippen molar-refractivity contribution >= 4 is 29.1 Å². The van der Waals surface area contributed by atoms with E-state index in [-0.39, 0.29) is 10.5 Å². The lowest BCUT2D eigenvalue weighted by atomic mass is 10.1. The predicted molar refractivity (Wildman–Crippen MR) is 66.7 cm³/mol. The molecule has 0 unspecified atom stereocenters. The first-order chi connectivity index (χ1) is 6.89. The first kappa shape index (κ1) is 12.6. The van der Waals surface area contributed by atoms with E-state index in [1.54, 1.807) is 18.7 Å².